The summed E-state index contributed by atoms with van der Waals surface area (Å²) < 4.78 is 47.3. The van der Waals surface area contributed by atoms with Crippen molar-refractivity contribution in [3.63, 3.8) is 0 Å². The molecule has 7 heteroatoms. The standard InChI is InChI=1S/C18H16F3NO3/c1-11-3-6-13(10-14(11)19)22-17(23)8-5-12-4-7-15(25-18(20)21)16(9-12)24-2/h3-10,18H,1-2H3,(H,22,23)/b8-5+. The maximum absolute atomic E-state index is 13.4. The molecule has 0 aromatic heterocycles. The molecule has 0 heterocycles. The lowest BCUT2D eigenvalue weighted by atomic mass is 10.2. The molecular weight excluding hydrogens is 335 g/mol. The first-order valence-corrected chi connectivity index (χ1v) is 7.27. The first kappa shape index (κ1) is 18.4. The fraction of sp³-hybridized carbons (Fsp3) is 0.167. The van der Waals surface area contributed by atoms with Gasteiger partial charge in [-0.1, -0.05) is 12.1 Å². The Bertz CT molecular complexity index is 791. The number of carbonyl (C=O) groups excluding carboxylic acids is 1. The van der Waals surface area contributed by atoms with E-state index in [1.54, 1.807) is 19.1 Å². The number of ether oxygens (including phenoxy) is 2. The van der Waals surface area contributed by atoms with Crippen molar-refractivity contribution >= 4 is 17.7 Å². The molecule has 0 aliphatic heterocycles. The SMILES string of the molecule is COc1cc(/C=C/C(=O)Nc2ccc(C)c(F)c2)ccc1OC(F)F. The lowest BCUT2D eigenvalue weighted by Gasteiger charge is -2.10. The largest absolute Gasteiger partial charge is 0.493 e. The van der Waals surface area contributed by atoms with E-state index in [2.05, 4.69) is 10.1 Å². The molecule has 0 bridgehead atoms. The highest BCUT2D eigenvalue weighted by atomic mass is 19.3. The molecule has 4 nitrogen and oxygen atoms in total. The van der Waals surface area contributed by atoms with Gasteiger partial charge in [0.2, 0.25) is 5.91 Å². The third kappa shape index (κ3) is 5.27. The van der Waals surface area contributed by atoms with E-state index < -0.39 is 18.3 Å². The Kier molecular flexibility index (Phi) is 6.05. The summed E-state index contributed by atoms with van der Waals surface area (Å²) in [6.45, 7) is -1.34. The average Bonchev–Trinajstić information content (AvgIpc) is 2.57. The van der Waals surface area contributed by atoms with Gasteiger partial charge in [-0.2, -0.15) is 8.78 Å². The van der Waals surface area contributed by atoms with Crippen molar-refractivity contribution in [2.24, 2.45) is 0 Å². The van der Waals surface area contributed by atoms with Gasteiger partial charge in [-0.3, -0.25) is 4.79 Å². The molecule has 1 amide bonds. The number of methoxy groups -OCH3 is 1. The van der Waals surface area contributed by atoms with E-state index in [9.17, 15) is 18.0 Å². The number of hydrogen-bond acceptors (Lipinski definition) is 3. The summed E-state index contributed by atoms with van der Waals surface area (Å²) >= 11 is 0. The second-order valence-electron chi connectivity index (χ2n) is 5.08. The van der Waals surface area contributed by atoms with E-state index in [4.69, 9.17) is 4.74 Å². The second-order valence-corrected chi connectivity index (χ2v) is 5.08. The molecule has 0 fully saturated rings. The summed E-state index contributed by atoms with van der Waals surface area (Å²) in [6.07, 6.45) is 2.70. The average molecular weight is 351 g/mol. The molecule has 0 spiro atoms. The van der Waals surface area contributed by atoms with E-state index in [-0.39, 0.29) is 11.5 Å². The van der Waals surface area contributed by atoms with Crippen LogP contribution in [0, 0.1) is 12.7 Å². The number of hydrogen-bond donors (Lipinski definition) is 1. The first-order valence-electron chi connectivity index (χ1n) is 7.27. The van der Waals surface area contributed by atoms with Gasteiger partial charge >= 0.3 is 6.61 Å². The van der Waals surface area contributed by atoms with Gasteiger partial charge in [-0.05, 0) is 48.4 Å². The van der Waals surface area contributed by atoms with Crippen molar-refractivity contribution in [2.75, 3.05) is 12.4 Å². The molecule has 0 aliphatic rings. The highest BCUT2D eigenvalue weighted by Gasteiger charge is 2.10. The van der Waals surface area contributed by atoms with Crippen LogP contribution in [0.2, 0.25) is 0 Å². The van der Waals surface area contributed by atoms with Crippen molar-refractivity contribution in [2.45, 2.75) is 13.5 Å². The minimum absolute atomic E-state index is 0.103. The monoisotopic (exact) mass is 351 g/mol. The van der Waals surface area contributed by atoms with Gasteiger partial charge in [0.1, 0.15) is 5.82 Å². The van der Waals surface area contributed by atoms with Gasteiger partial charge in [0.15, 0.2) is 11.5 Å². The fourth-order valence-corrected chi connectivity index (χ4v) is 2.01. The van der Waals surface area contributed by atoms with Gasteiger partial charge in [0.25, 0.3) is 0 Å². The molecule has 0 radical (unpaired) electrons. The minimum Gasteiger partial charge on any atom is -0.493 e. The van der Waals surface area contributed by atoms with Crippen LogP contribution in [0.4, 0.5) is 18.9 Å². The van der Waals surface area contributed by atoms with Crippen LogP contribution in [-0.2, 0) is 4.79 Å². The lowest BCUT2D eigenvalue weighted by Crippen LogP contribution is -2.08. The summed E-state index contributed by atoms with van der Waals surface area (Å²) in [5, 5.41) is 2.53. The number of anilines is 1. The van der Waals surface area contributed by atoms with Crippen molar-refractivity contribution in [1.29, 1.82) is 0 Å². The number of alkyl halides is 2. The number of halogens is 3. The Morgan fingerprint density at radius 1 is 1.16 bits per heavy atom. The third-order valence-electron chi connectivity index (χ3n) is 3.27. The van der Waals surface area contributed by atoms with Crippen LogP contribution in [0.1, 0.15) is 11.1 Å². The number of nitrogens with one attached hydrogen (secondary N) is 1. The van der Waals surface area contributed by atoms with Gasteiger partial charge in [-0.25, -0.2) is 4.39 Å². The predicted molar refractivity (Wildman–Crippen MR) is 88.4 cm³/mol. The van der Waals surface area contributed by atoms with Crippen molar-refractivity contribution in [3.05, 3.63) is 59.4 Å². The van der Waals surface area contributed by atoms with Crippen LogP contribution in [0.5, 0.6) is 11.5 Å². The molecule has 0 unspecified atom stereocenters. The highest BCUT2D eigenvalue weighted by molar-refractivity contribution is 6.01. The molecule has 2 aromatic carbocycles. The van der Waals surface area contributed by atoms with Crippen molar-refractivity contribution < 1.29 is 27.4 Å². The number of carbonyl (C=O) groups is 1. The highest BCUT2D eigenvalue weighted by Crippen LogP contribution is 2.29. The number of amides is 1. The van der Waals surface area contributed by atoms with E-state index in [0.29, 0.717) is 16.8 Å². The quantitative estimate of drug-likeness (QED) is 0.785. The number of rotatable bonds is 6. The summed E-state index contributed by atoms with van der Waals surface area (Å²) in [5.41, 5.74) is 1.35. The number of benzene rings is 2. The molecule has 0 saturated carbocycles. The Balaban J connectivity index is 2.07. The third-order valence-corrected chi connectivity index (χ3v) is 3.27. The Labute approximate surface area is 142 Å². The van der Waals surface area contributed by atoms with Crippen LogP contribution in [0.3, 0.4) is 0 Å². The zero-order valence-electron chi connectivity index (χ0n) is 13.6. The summed E-state index contributed by atoms with van der Waals surface area (Å²) in [6, 6.07) is 8.63. The Hall–Kier alpha value is -2.96. The molecule has 132 valence electrons. The molecule has 0 atom stereocenters. The fourth-order valence-electron chi connectivity index (χ4n) is 2.01. The molecular formula is C18H16F3NO3. The van der Waals surface area contributed by atoms with Crippen molar-refractivity contribution in [3.8, 4) is 11.5 Å². The smallest absolute Gasteiger partial charge is 0.387 e. The van der Waals surface area contributed by atoms with Crippen LogP contribution in [0.25, 0.3) is 6.08 Å². The van der Waals surface area contributed by atoms with Crippen LogP contribution < -0.4 is 14.8 Å². The van der Waals surface area contributed by atoms with Crippen LogP contribution in [-0.4, -0.2) is 19.6 Å². The summed E-state index contributed by atoms with van der Waals surface area (Å²) in [4.78, 5) is 11.9. The van der Waals surface area contributed by atoms with Gasteiger partial charge in [-0.15, -0.1) is 0 Å². The zero-order valence-corrected chi connectivity index (χ0v) is 13.6. The normalized spacial score (nSPS) is 11.0. The molecule has 0 saturated heterocycles. The van der Waals surface area contributed by atoms with Crippen LogP contribution >= 0.6 is 0 Å². The maximum atomic E-state index is 13.4. The lowest BCUT2D eigenvalue weighted by molar-refractivity contribution is -0.111. The second kappa shape index (κ2) is 8.23. The summed E-state index contributed by atoms with van der Waals surface area (Å²) in [7, 11) is 1.32. The molecule has 2 rings (SSSR count). The topological polar surface area (TPSA) is 47.6 Å². The van der Waals surface area contributed by atoms with Gasteiger partial charge < -0.3 is 14.8 Å². The van der Waals surface area contributed by atoms with E-state index in [0.717, 1.165) is 0 Å². The summed E-state index contributed by atoms with van der Waals surface area (Å²) in [5.74, 6) is -0.867. The Morgan fingerprint density at radius 3 is 2.56 bits per heavy atom. The van der Waals surface area contributed by atoms with E-state index in [1.807, 2.05) is 0 Å². The van der Waals surface area contributed by atoms with E-state index >= 15 is 0 Å². The van der Waals surface area contributed by atoms with Crippen LogP contribution in [0.15, 0.2) is 42.5 Å². The molecule has 25 heavy (non-hydrogen) atoms. The van der Waals surface area contributed by atoms with Gasteiger partial charge in [0.05, 0.1) is 7.11 Å². The maximum Gasteiger partial charge on any atom is 0.387 e. The molecule has 0 aliphatic carbocycles. The minimum atomic E-state index is -2.96. The Morgan fingerprint density at radius 2 is 1.92 bits per heavy atom. The first-order chi connectivity index (χ1) is 11.9. The molecule has 1 N–H and O–H groups in total. The molecule has 2 aromatic rings. The van der Waals surface area contributed by atoms with Crippen molar-refractivity contribution in [1.82, 2.24) is 0 Å². The zero-order chi connectivity index (χ0) is 18.4. The van der Waals surface area contributed by atoms with E-state index in [1.165, 1.54) is 43.5 Å². The predicted octanol–water partition coefficient (Wildman–Crippen LogP) is 4.40. The number of aryl methyl sites for hydroxylation is 1. The van der Waals surface area contributed by atoms with Gasteiger partial charge in [0, 0.05) is 11.8 Å².